The van der Waals surface area contributed by atoms with Gasteiger partial charge in [-0.3, -0.25) is 19.7 Å². The molecule has 0 radical (unpaired) electrons. The Morgan fingerprint density at radius 2 is 2.19 bits per heavy atom. The van der Waals surface area contributed by atoms with Gasteiger partial charge in [0.25, 0.3) is 0 Å². The zero-order chi connectivity index (χ0) is 15.2. The van der Waals surface area contributed by atoms with Crippen molar-refractivity contribution in [3.05, 3.63) is 18.3 Å². The van der Waals surface area contributed by atoms with Gasteiger partial charge in [0, 0.05) is 24.1 Å². The van der Waals surface area contributed by atoms with Gasteiger partial charge in [-0.05, 0) is 18.6 Å². The van der Waals surface area contributed by atoms with Crippen LogP contribution in [0.5, 0.6) is 0 Å². The molecule has 21 heavy (non-hydrogen) atoms. The molecule has 1 saturated heterocycles. The Kier molecular flexibility index (Phi) is 5.15. The molecule has 7 nitrogen and oxygen atoms in total. The predicted octanol–water partition coefficient (Wildman–Crippen LogP) is 0.0211. The van der Waals surface area contributed by atoms with Gasteiger partial charge < -0.3 is 10.6 Å². The quantitative estimate of drug-likeness (QED) is 0.743. The van der Waals surface area contributed by atoms with E-state index < -0.39 is 11.8 Å². The van der Waals surface area contributed by atoms with Crippen LogP contribution in [0.4, 0.5) is 5.82 Å². The summed E-state index contributed by atoms with van der Waals surface area (Å²) in [6.07, 6.45) is 2.80. The predicted molar refractivity (Wildman–Crippen MR) is 78.3 cm³/mol. The van der Waals surface area contributed by atoms with Crippen LogP contribution in [0.3, 0.4) is 0 Å². The van der Waals surface area contributed by atoms with Crippen molar-refractivity contribution in [1.29, 1.82) is 0 Å². The molecule has 8 heteroatoms. The van der Waals surface area contributed by atoms with E-state index in [4.69, 9.17) is 5.73 Å². The molecule has 0 spiro atoms. The van der Waals surface area contributed by atoms with Crippen LogP contribution in [0.25, 0.3) is 0 Å². The molecule has 0 atom stereocenters. The SMILES string of the molecule is Nc1ccc(SCC(=O)NC(=O)CN2CCCC2=O)cn1. The summed E-state index contributed by atoms with van der Waals surface area (Å²) in [5.41, 5.74) is 5.46. The number of nitrogens with one attached hydrogen (secondary N) is 1. The van der Waals surface area contributed by atoms with E-state index in [-0.39, 0.29) is 18.2 Å². The smallest absolute Gasteiger partial charge is 0.246 e. The molecule has 0 unspecified atom stereocenters. The van der Waals surface area contributed by atoms with Gasteiger partial charge in [0.15, 0.2) is 0 Å². The molecule has 3 amide bonds. The van der Waals surface area contributed by atoms with Crippen LogP contribution in [-0.4, -0.2) is 46.4 Å². The van der Waals surface area contributed by atoms with Crippen molar-refractivity contribution >= 4 is 35.3 Å². The van der Waals surface area contributed by atoms with Gasteiger partial charge >= 0.3 is 0 Å². The number of imide groups is 1. The number of carbonyl (C=O) groups is 3. The molecule has 112 valence electrons. The maximum absolute atomic E-state index is 11.6. The van der Waals surface area contributed by atoms with E-state index in [9.17, 15) is 14.4 Å². The van der Waals surface area contributed by atoms with Crippen LogP contribution >= 0.6 is 11.8 Å². The maximum atomic E-state index is 11.6. The maximum Gasteiger partial charge on any atom is 0.246 e. The Bertz CT molecular complexity index is 547. The summed E-state index contributed by atoms with van der Waals surface area (Å²) in [5.74, 6) is -0.375. The number of amides is 3. The van der Waals surface area contributed by atoms with E-state index in [2.05, 4.69) is 10.3 Å². The number of aromatic nitrogens is 1. The number of anilines is 1. The molecule has 1 fully saturated rings. The number of thioether (sulfide) groups is 1. The van der Waals surface area contributed by atoms with E-state index in [0.29, 0.717) is 18.8 Å². The number of nitrogen functional groups attached to an aromatic ring is 1. The van der Waals surface area contributed by atoms with Crippen LogP contribution in [0.1, 0.15) is 12.8 Å². The zero-order valence-electron chi connectivity index (χ0n) is 11.4. The summed E-state index contributed by atoms with van der Waals surface area (Å²) in [6, 6.07) is 3.40. The van der Waals surface area contributed by atoms with Crippen molar-refractivity contribution in [2.45, 2.75) is 17.7 Å². The lowest BCUT2D eigenvalue weighted by Crippen LogP contribution is -2.41. The summed E-state index contributed by atoms with van der Waals surface area (Å²) in [6.45, 7) is 0.519. The fourth-order valence-corrected chi connectivity index (χ4v) is 2.56. The van der Waals surface area contributed by atoms with Gasteiger partial charge in [0.05, 0.1) is 12.3 Å². The number of likely N-dealkylation sites (tertiary alicyclic amines) is 1. The normalized spacial score (nSPS) is 14.3. The first-order valence-electron chi connectivity index (χ1n) is 6.49. The highest BCUT2D eigenvalue weighted by Crippen LogP contribution is 2.16. The first-order valence-corrected chi connectivity index (χ1v) is 7.48. The summed E-state index contributed by atoms with van der Waals surface area (Å²) in [5, 5.41) is 2.27. The number of rotatable bonds is 5. The zero-order valence-corrected chi connectivity index (χ0v) is 12.2. The Morgan fingerprint density at radius 3 is 2.81 bits per heavy atom. The standard InChI is InChI=1S/C13H16N4O3S/c14-10-4-3-9(6-15-10)21-8-12(19)16-11(18)7-17-5-1-2-13(17)20/h3-4,6H,1-2,5,7-8H2,(H2,14,15)(H,16,18,19). The topological polar surface area (TPSA) is 105 Å². The summed E-state index contributed by atoms with van der Waals surface area (Å²) >= 11 is 1.26. The lowest BCUT2D eigenvalue weighted by molar-refractivity contribution is -0.135. The molecule has 0 aromatic carbocycles. The van der Waals surface area contributed by atoms with Gasteiger partial charge in [-0.15, -0.1) is 11.8 Å². The Balaban J connectivity index is 1.72. The summed E-state index contributed by atoms with van der Waals surface area (Å²) < 4.78 is 0. The van der Waals surface area contributed by atoms with Crippen LogP contribution < -0.4 is 11.1 Å². The van der Waals surface area contributed by atoms with E-state index in [1.165, 1.54) is 16.7 Å². The van der Waals surface area contributed by atoms with Crippen LogP contribution in [0, 0.1) is 0 Å². The molecule has 3 N–H and O–H groups in total. The number of nitrogens with zero attached hydrogens (tertiary/aromatic N) is 2. The molecule has 1 aromatic rings. The summed E-state index contributed by atoms with van der Waals surface area (Å²) in [7, 11) is 0. The minimum atomic E-state index is -0.453. The second kappa shape index (κ2) is 7.07. The molecule has 1 aromatic heterocycles. The van der Waals surface area contributed by atoms with Crippen LogP contribution in [0.2, 0.25) is 0 Å². The van der Waals surface area contributed by atoms with Crippen molar-refractivity contribution < 1.29 is 14.4 Å². The first-order chi connectivity index (χ1) is 10.0. The lowest BCUT2D eigenvalue weighted by Gasteiger charge is -2.14. The van der Waals surface area contributed by atoms with Crippen molar-refractivity contribution in [1.82, 2.24) is 15.2 Å². The second-order valence-corrected chi connectivity index (χ2v) is 5.65. The fourth-order valence-electron chi connectivity index (χ4n) is 1.90. The molecule has 0 saturated carbocycles. The van der Waals surface area contributed by atoms with E-state index in [0.717, 1.165) is 11.3 Å². The van der Waals surface area contributed by atoms with Crippen molar-refractivity contribution in [2.24, 2.45) is 0 Å². The number of hydrogen-bond acceptors (Lipinski definition) is 6. The number of nitrogens with two attached hydrogens (primary N) is 1. The third kappa shape index (κ3) is 4.75. The molecule has 0 aliphatic carbocycles. The van der Waals surface area contributed by atoms with Crippen molar-refractivity contribution in [3.63, 3.8) is 0 Å². The molecule has 1 aliphatic heterocycles. The second-order valence-electron chi connectivity index (χ2n) is 4.60. The highest BCUT2D eigenvalue weighted by molar-refractivity contribution is 8.00. The van der Waals surface area contributed by atoms with Gasteiger partial charge in [0.1, 0.15) is 5.82 Å². The highest BCUT2D eigenvalue weighted by Gasteiger charge is 2.22. The Morgan fingerprint density at radius 1 is 1.38 bits per heavy atom. The van der Waals surface area contributed by atoms with Crippen LogP contribution in [0.15, 0.2) is 23.2 Å². The van der Waals surface area contributed by atoms with Crippen molar-refractivity contribution in [2.75, 3.05) is 24.6 Å². The van der Waals surface area contributed by atoms with Gasteiger partial charge in [-0.25, -0.2) is 4.98 Å². The minimum absolute atomic E-state index is 0.0417. The third-order valence-corrected chi connectivity index (χ3v) is 3.90. The fraction of sp³-hybridized carbons (Fsp3) is 0.385. The number of pyridine rings is 1. The average Bonchev–Trinajstić information content (AvgIpc) is 2.83. The lowest BCUT2D eigenvalue weighted by atomic mass is 10.4. The van der Waals surface area contributed by atoms with Gasteiger partial charge in [-0.2, -0.15) is 0 Å². The first kappa shape index (κ1) is 15.3. The van der Waals surface area contributed by atoms with Gasteiger partial charge in [0.2, 0.25) is 17.7 Å². The highest BCUT2D eigenvalue weighted by atomic mass is 32.2. The average molecular weight is 308 g/mol. The Hall–Kier alpha value is -2.09. The molecule has 1 aliphatic rings. The number of carbonyl (C=O) groups excluding carboxylic acids is 3. The minimum Gasteiger partial charge on any atom is -0.384 e. The molecule has 2 heterocycles. The van der Waals surface area contributed by atoms with E-state index in [1.807, 2.05) is 0 Å². The molecular formula is C13H16N4O3S. The Labute approximate surface area is 126 Å². The largest absolute Gasteiger partial charge is 0.384 e. The number of hydrogen-bond donors (Lipinski definition) is 2. The molecular weight excluding hydrogens is 292 g/mol. The van der Waals surface area contributed by atoms with E-state index in [1.54, 1.807) is 18.3 Å². The summed E-state index contributed by atoms with van der Waals surface area (Å²) in [4.78, 5) is 40.8. The van der Waals surface area contributed by atoms with Crippen molar-refractivity contribution in [3.8, 4) is 0 Å². The third-order valence-electron chi connectivity index (χ3n) is 2.91. The van der Waals surface area contributed by atoms with Crippen LogP contribution in [-0.2, 0) is 14.4 Å². The molecule has 0 bridgehead atoms. The van der Waals surface area contributed by atoms with Gasteiger partial charge in [-0.1, -0.05) is 0 Å². The molecule has 2 rings (SSSR count). The monoisotopic (exact) mass is 308 g/mol. The van der Waals surface area contributed by atoms with E-state index >= 15 is 0 Å².